The quantitative estimate of drug-likeness (QED) is 0.286. The number of amides is 1. The number of hydrogen-bond donors (Lipinski definition) is 1. The molecule has 0 saturated heterocycles. The van der Waals surface area contributed by atoms with Crippen LogP contribution in [-0.2, 0) is 0 Å². The number of anilines is 1. The molecule has 180 valence electrons. The maximum Gasteiger partial charge on any atom is 0.254 e. The van der Waals surface area contributed by atoms with Crippen molar-refractivity contribution in [2.45, 2.75) is 58.7 Å². The summed E-state index contributed by atoms with van der Waals surface area (Å²) >= 11 is 0. The van der Waals surface area contributed by atoms with E-state index in [1.54, 1.807) is 0 Å². The molecule has 35 heavy (non-hydrogen) atoms. The second-order valence-corrected chi connectivity index (χ2v) is 9.87. The molecule has 0 saturated carbocycles. The van der Waals surface area contributed by atoms with Crippen LogP contribution in [0, 0.1) is 0 Å². The summed E-state index contributed by atoms with van der Waals surface area (Å²) in [6.07, 6.45) is 0. The van der Waals surface area contributed by atoms with E-state index in [1.807, 2.05) is 29.2 Å². The lowest BCUT2D eigenvalue weighted by Crippen LogP contribution is -2.42. The molecule has 3 nitrogen and oxygen atoms in total. The third-order valence-electron chi connectivity index (χ3n) is 6.76. The van der Waals surface area contributed by atoms with Crippen molar-refractivity contribution < 1.29 is 4.79 Å². The zero-order valence-electron chi connectivity index (χ0n) is 21.4. The van der Waals surface area contributed by atoms with Gasteiger partial charge in [-0.15, -0.1) is 0 Å². The van der Waals surface area contributed by atoms with E-state index in [2.05, 4.69) is 113 Å². The van der Waals surface area contributed by atoms with E-state index in [0.717, 1.165) is 16.8 Å². The van der Waals surface area contributed by atoms with Gasteiger partial charge in [-0.1, -0.05) is 85.8 Å². The van der Waals surface area contributed by atoms with Gasteiger partial charge in [0.15, 0.2) is 0 Å². The van der Waals surface area contributed by atoms with Crippen LogP contribution >= 0.6 is 0 Å². The summed E-state index contributed by atoms with van der Waals surface area (Å²) in [4.78, 5) is 15.7. The first-order chi connectivity index (χ1) is 16.9. The van der Waals surface area contributed by atoms with Crippen LogP contribution in [0.15, 0.2) is 97.1 Å². The Hall–Kier alpha value is -3.59. The minimum Gasteiger partial charge on any atom is -0.378 e. The lowest BCUT2D eigenvalue weighted by molar-refractivity contribution is 0.0642. The first-order valence-corrected chi connectivity index (χ1v) is 12.6. The van der Waals surface area contributed by atoms with Crippen LogP contribution in [0.3, 0.4) is 0 Å². The fourth-order valence-electron chi connectivity index (χ4n) is 5.09. The number of carbonyl (C=O) groups excluding carboxylic acids is 1. The van der Waals surface area contributed by atoms with Gasteiger partial charge in [0.05, 0.1) is 6.04 Å². The SMILES string of the molecule is CC(C)N(C(=O)c1ccccc1[C@@H](C)[C@@H](Nc1ccc2ccccc2c1)c1ccccc1)C(C)C. The Labute approximate surface area is 209 Å². The van der Waals surface area contributed by atoms with Gasteiger partial charge in [0, 0.05) is 29.3 Å². The molecule has 0 bridgehead atoms. The molecule has 2 atom stereocenters. The van der Waals surface area contributed by atoms with Gasteiger partial charge in [-0.2, -0.15) is 0 Å². The molecule has 0 aliphatic heterocycles. The highest BCUT2D eigenvalue weighted by Crippen LogP contribution is 2.36. The van der Waals surface area contributed by atoms with E-state index in [4.69, 9.17) is 0 Å². The molecule has 4 aromatic rings. The van der Waals surface area contributed by atoms with Crippen molar-refractivity contribution in [2.75, 3.05) is 5.32 Å². The van der Waals surface area contributed by atoms with Gasteiger partial charge in [-0.05, 0) is 67.8 Å². The average molecular weight is 465 g/mol. The van der Waals surface area contributed by atoms with Crippen LogP contribution in [0.5, 0.6) is 0 Å². The van der Waals surface area contributed by atoms with Crippen molar-refractivity contribution in [2.24, 2.45) is 0 Å². The van der Waals surface area contributed by atoms with E-state index in [-0.39, 0.29) is 30.0 Å². The molecule has 0 aliphatic rings. The predicted molar refractivity (Wildman–Crippen MR) is 148 cm³/mol. The van der Waals surface area contributed by atoms with Gasteiger partial charge in [-0.25, -0.2) is 0 Å². The number of rotatable bonds is 8. The Morgan fingerprint density at radius 1 is 0.686 bits per heavy atom. The zero-order chi connectivity index (χ0) is 24.9. The lowest BCUT2D eigenvalue weighted by atomic mass is 9.85. The molecule has 4 aromatic carbocycles. The van der Waals surface area contributed by atoms with Gasteiger partial charge in [0.1, 0.15) is 0 Å². The summed E-state index contributed by atoms with van der Waals surface area (Å²) in [6, 6.07) is 33.8. The molecule has 1 N–H and O–H groups in total. The summed E-state index contributed by atoms with van der Waals surface area (Å²) < 4.78 is 0. The van der Waals surface area contributed by atoms with Crippen LogP contribution in [0.4, 0.5) is 5.69 Å². The largest absolute Gasteiger partial charge is 0.378 e. The standard InChI is InChI=1S/C32H36N2O/c1-22(2)34(23(3)4)32(35)30-18-12-11-17-29(30)24(5)31(26-14-7-6-8-15-26)33-28-20-19-25-13-9-10-16-27(25)21-28/h6-24,31,33H,1-5H3/t24-,31-/m1/s1. The first kappa shape index (κ1) is 24.5. The first-order valence-electron chi connectivity index (χ1n) is 12.6. The number of hydrogen-bond acceptors (Lipinski definition) is 2. The Balaban J connectivity index is 1.74. The van der Waals surface area contributed by atoms with Crippen molar-refractivity contribution in [3.05, 3.63) is 114 Å². The Morgan fingerprint density at radius 2 is 1.29 bits per heavy atom. The van der Waals surface area contributed by atoms with Gasteiger partial charge in [-0.3, -0.25) is 4.79 Å². The molecule has 0 radical (unpaired) electrons. The van der Waals surface area contributed by atoms with E-state index in [1.165, 1.54) is 16.3 Å². The maximum absolute atomic E-state index is 13.7. The lowest BCUT2D eigenvalue weighted by Gasteiger charge is -2.33. The second-order valence-electron chi connectivity index (χ2n) is 9.87. The van der Waals surface area contributed by atoms with E-state index in [9.17, 15) is 4.79 Å². The molecule has 1 amide bonds. The second kappa shape index (κ2) is 10.8. The fourth-order valence-corrected chi connectivity index (χ4v) is 5.09. The van der Waals surface area contributed by atoms with Crippen molar-refractivity contribution in [1.29, 1.82) is 0 Å². The highest BCUT2D eigenvalue weighted by atomic mass is 16.2. The molecule has 0 heterocycles. The maximum atomic E-state index is 13.7. The normalized spacial score (nSPS) is 13.1. The number of nitrogens with one attached hydrogen (secondary N) is 1. The van der Waals surface area contributed by atoms with Crippen LogP contribution in [0.1, 0.15) is 68.1 Å². The summed E-state index contributed by atoms with van der Waals surface area (Å²) in [5, 5.41) is 6.23. The molecule has 0 aromatic heterocycles. The van der Waals surface area contributed by atoms with Gasteiger partial charge >= 0.3 is 0 Å². The monoisotopic (exact) mass is 464 g/mol. The summed E-state index contributed by atoms with van der Waals surface area (Å²) in [5.41, 5.74) is 4.11. The minimum absolute atomic E-state index is 0.00198. The van der Waals surface area contributed by atoms with Gasteiger partial charge in [0.2, 0.25) is 0 Å². The number of carbonyl (C=O) groups is 1. The van der Waals surface area contributed by atoms with Crippen LogP contribution in [-0.4, -0.2) is 22.9 Å². The zero-order valence-corrected chi connectivity index (χ0v) is 21.4. The molecule has 4 rings (SSSR count). The molecule has 0 spiro atoms. The fraction of sp³-hybridized carbons (Fsp3) is 0.281. The highest BCUT2D eigenvalue weighted by Gasteiger charge is 2.28. The summed E-state index contributed by atoms with van der Waals surface area (Å²) in [7, 11) is 0. The van der Waals surface area contributed by atoms with Crippen molar-refractivity contribution in [3.63, 3.8) is 0 Å². The number of benzene rings is 4. The number of nitrogens with zero attached hydrogens (tertiary/aromatic N) is 1. The summed E-state index contributed by atoms with van der Waals surface area (Å²) in [5.74, 6) is 0.153. The molecule has 0 fully saturated rings. The van der Waals surface area contributed by atoms with Crippen LogP contribution in [0.2, 0.25) is 0 Å². The van der Waals surface area contributed by atoms with Gasteiger partial charge in [0.25, 0.3) is 5.91 Å². The smallest absolute Gasteiger partial charge is 0.254 e. The van der Waals surface area contributed by atoms with E-state index in [0.29, 0.717) is 0 Å². The average Bonchev–Trinajstić information content (AvgIpc) is 2.87. The van der Waals surface area contributed by atoms with Gasteiger partial charge < -0.3 is 10.2 Å². The Morgan fingerprint density at radius 3 is 1.97 bits per heavy atom. The van der Waals surface area contributed by atoms with Crippen molar-refractivity contribution in [3.8, 4) is 0 Å². The summed E-state index contributed by atoms with van der Waals surface area (Å²) in [6.45, 7) is 10.5. The third-order valence-corrected chi connectivity index (χ3v) is 6.76. The number of fused-ring (bicyclic) bond motifs is 1. The Bertz CT molecular complexity index is 1270. The molecule has 3 heteroatoms. The van der Waals surface area contributed by atoms with Crippen molar-refractivity contribution in [1.82, 2.24) is 4.90 Å². The third kappa shape index (κ3) is 5.40. The van der Waals surface area contributed by atoms with Crippen LogP contribution in [0.25, 0.3) is 10.8 Å². The van der Waals surface area contributed by atoms with Crippen molar-refractivity contribution >= 4 is 22.4 Å². The predicted octanol–water partition coefficient (Wildman–Crippen LogP) is 8.06. The molecular formula is C32H36N2O. The topological polar surface area (TPSA) is 32.3 Å². The minimum atomic E-state index is -0.00198. The molecule has 0 unspecified atom stereocenters. The highest BCUT2D eigenvalue weighted by molar-refractivity contribution is 5.96. The van der Waals surface area contributed by atoms with Crippen LogP contribution < -0.4 is 5.32 Å². The van der Waals surface area contributed by atoms with E-state index >= 15 is 0 Å². The van der Waals surface area contributed by atoms with E-state index < -0.39 is 0 Å². The Kier molecular flexibility index (Phi) is 7.55. The molecule has 0 aliphatic carbocycles. The molecular weight excluding hydrogens is 428 g/mol.